The molecule has 0 atom stereocenters. The number of likely N-dealkylation sites (N-methyl/N-ethyl adjacent to an activating group) is 1. The molecule has 0 fully saturated rings. The monoisotopic (exact) mass is 254 g/mol. The highest BCUT2D eigenvalue weighted by molar-refractivity contribution is 5.74. The highest BCUT2D eigenvalue weighted by Gasteiger charge is 2.18. The molecule has 1 aromatic rings. The van der Waals surface area contributed by atoms with Gasteiger partial charge in [0.25, 0.3) is 5.91 Å². The summed E-state index contributed by atoms with van der Waals surface area (Å²) in [6, 6.07) is 8.15. The van der Waals surface area contributed by atoms with Crippen LogP contribution in [0.4, 0.5) is 0 Å². The Hall–Kier alpha value is -1.32. The zero-order valence-corrected chi connectivity index (χ0v) is 11.1. The first-order valence-electron chi connectivity index (χ1n) is 5.25. The largest absolute Gasteiger partial charge is 1.00 e. The van der Waals surface area contributed by atoms with Crippen molar-refractivity contribution in [3.8, 4) is 0 Å². The molecule has 0 bridgehead atoms. The molecule has 0 saturated carbocycles. The van der Waals surface area contributed by atoms with E-state index < -0.39 is 0 Å². The number of carbonyl (C=O) groups excluding carboxylic acids is 1. The van der Waals surface area contributed by atoms with E-state index in [9.17, 15) is 4.79 Å². The number of rotatable bonds is 5. The van der Waals surface area contributed by atoms with Gasteiger partial charge in [0.15, 0.2) is 6.54 Å². The van der Waals surface area contributed by atoms with Gasteiger partial charge in [-0.05, 0) is 5.56 Å². The van der Waals surface area contributed by atoms with Gasteiger partial charge in [-0.15, -0.1) is 0 Å². The van der Waals surface area contributed by atoms with Crippen LogP contribution in [0.15, 0.2) is 30.8 Å². The second kappa shape index (κ2) is 6.42. The highest BCUT2D eigenvalue weighted by Crippen LogP contribution is 2.11. The minimum absolute atomic E-state index is 0. The molecule has 2 N–H and O–H groups in total. The lowest BCUT2D eigenvalue weighted by Crippen LogP contribution is -3.00. The molecule has 1 aromatic carbocycles. The molecule has 0 unspecified atom stereocenters. The number of nitrogens with zero attached hydrogens (tertiary/aromatic N) is 1. The van der Waals surface area contributed by atoms with Gasteiger partial charge >= 0.3 is 0 Å². The number of carbonyl (C=O) groups is 1. The minimum atomic E-state index is -0.271. The second-order valence-electron chi connectivity index (χ2n) is 4.66. The van der Waals surface area contributed by atoms with Crippen LogP contribution in [0, 0.1) is 0 Å². The Balaban J connectivity index is 0.00000256. The van der Waals surface area contributed by atoms with Gasteiger partial charge < -0.3 is 22.6 Å². The Kier molecular flexibility index (Phi) is 5.93. The van der Waals surface area contributed by atoms with E-state index in [4.69, 9.17) is 5.73 Å². The Morgan fingerprint density at radius 1 is 1.35 bits per heavy atom. The van der Waals surface area contributed by atoms with Crippen molar-refractivity contribution in [2.75, 3.05) is 20.6 Å². The van der Waals surface area contributed by atoms with Crippen molar-refractivity contribution < 1.29 is 21.7 Å². The Bertz CT molecular complexity index is 385. The third-order valence-electron chi connectivity index (χ3n) is 2.41. The minimum Gasteiger partial charge on any atom is -1.00 e. The maximum Gasteiger partial charge on any atom is 0.272 e. The fourth-order valence-electron chi connectivity index (χ4n) is 1.73. The number of halogens is 1. The van der Waals surface area contributed by atoms with E-state index in [1.165, 1.54) is 5.56 Å². The molecular formula is C13H19ClN2O. The topological polar surface area (TPSA) is 43.1 Å². The van der Waals surface area contributed by atoms with E-state index in [0.29, 0.717) is 11.0 Å². The van der Waals surface area contributed by atoms with Gasteiger partial charge in [-0.25, -0.2) is 0 Å². The molecule has 17 heavy (non-hydrogen) atoms. The van der Waals surface area contributed by atoms with Crippen molar-refractivity contribution in [2.45, 2.75) is 6.54 Å². The van der Waals surface area contributed by atoms with Crippen LogP contribution in [-0.4, -0.2) is 31.0 Å². The summed E-state index contributed by atoms with van der Waals surface area (Å²) >= 11 is 0. The van der Waals surface area contributed by atoms with Crippen LogP contribution >= 0.6 is 0 Å². The Morgan fingerprint density at radius 3 is 2.29 bits per heavy atom. The summed E-state index contributed by atoms with van der Waals surface area (Å²) in [5, 5.41) is 0. The van der Waals surface area contributed by atoms with Crippen molar-refractivity contribution in [2.24, 2.45) is 5.73 Å². The maximum atomic E-state index is 10.9. The second-order valence-corrected chi connectivity index (χ2v) is 4.66. The number of hydrogen-bond acceptors (Lipinski definition) is 1. The van der Waals surface area contributed by atoms with E-state index in [1.807, 2.05) is 32.3 Å². The number of benzene rings is 1. The molecule has 0 aliphatic rings. The van der Waals surface area contributed by atoms with Crippen LogP contribution in [0.25, 0.3) is 6.08 Å². The molecule has 0 spiro atoms. The predicted molar refractivity (Wildman–Crippen MR) is 66.4 cm³/mol. The van der Waals surface area contributed by atoms with Gasteiger partial charge in [0, 0.05) is 5.56 Å². The molecule has 0 aliphatic carbocycles. The Labute approximate surface area is 109 Å². The van der Waals surface area contributed by atoms with Crippen molar-refractivity contribution in [1.29, 1.82) is 0 Å². The van der Waals surface area contributed by atoms with Crippen molar-refractivity contribution in [3.05, 3.63) is 42.0 Å². The molecule has 1 rings (SSSR count). The maximum absolute atomic E-state index is 10.9. The summed E-state index contributed by atoms with van der Waals surface area (Å²) in [5.74, 6) is -0.271. The molecule has 3 nitrogen and oxygen atoms in total. The van der Waals surface area contributed by atoms with Crippen LogP contribution in [0.3, 0.4) is 0 Å². The molecule has 0 radical (unpaired) electrons. The van der Waals surface area contributed by atoms with E-state index in [2.05, 4.69) is 18.7 Å². The number of primary amides is 1. The van der Waals surface area contributed by atoms with Gasteiger partial charge in [0.2, 0.25) is 0 Å². The quantitative estimate of drug-likeness (QED) is 0.632. The summed E-state index contributed by atoms with van der Waals surface area (Å²) in [7, 11) is 3.98. The molecule has 0 aromatic heterocycles. The van der Waals surface area contributed by atoms with Gasteiger partial charge in [-0.3, -0.25) is 4.79 Å². The van der Waals surface area contributed by atoms with E-state index in [0.717, 1.165) is 12.1 Å². The van der Waals surface area contributed by atoms with Gasteiger partial charge in [0.05, 0.1) is 14.1 Å². The van der Waals surface area contributed by atoms with Crippen molar-refractivity contribution in [3.63, 3.8) is 0 Å². The lowest BCUT2D eigenvalue weighted by atomic mass is 10.1. The van der Waals surface area contributed by atoms with Crippen molar-refractivity contribution in [1.82, 2.24) is 0 Å². The first-order chi connectivity index (χ1) is 7.43. The summed E-state index contributed by atoms with van der Waals surface area (Å²) in [5.41, 5.74) is 7.50. The van der Waals surface area contributed by atoms with Crippen molar-refractivity contribution >= 4 is 12.0 Å². The zero-order chi connectivity index (χ0) is 12.2. The third-order valence-corrected chi connectivity index (χ3v) is 2.41. The first-order valence-corrected chi connectivity index (χ1v) is 5.25. The number of hydrogen-bond donors (Lipinski definition) is 1. The normalized spacial score (nSPS) is 10.5. The summed E-state index contributed by atoms with van der Waals surface area (Å²) < 4.78 is 0.572. The van der Waals surface area contributed by atoms with E-state index >= 15 is 0 Å². The van der Waals surface area contributed by atoms with Crippen LogP contribution in [0.1, 0.15) is 11.1 Å². The number of nitrogens with two attached hydrogens (primary N) is 1. The van der Waals surface area contributed by atoms with Gasteiger partial charge in [-0.1, -0.05) is 36.9 Å². The zero-order valence-electron chi connectivity index (χ0n) is 10.3. The number of amides is 1. The lowest BCUT2D eigenvalue weighted by molar-refractivity contribution is -0.895. The SMILES string of the molecule is C=Cc1ccc(C[N+](C)(C)CC(N)=O)cc1.[Cl-]. The predicted octanol–water partition coefficient (Wildman–Crippen LogP) is -1.60. The highest BCUT2D eigenvalue weighted by atomic mass is 35.5. The number of quaternary nitrogens is 1. The lowest BCUT2D eigenvalue weighted by Gasteiger charge is -2.28. The summed E-state index contributed by atoms with van der Waals surface area (Å²) in [6.07, 6.45) is 1.81. The molecule has 0 saturated heterocycles. The van der Waals surface area contributed by atoms with Crippen LogP contribution in [0.5, 0.6) is 0 Å². The average Bonchev–Trinajstić information content (AvgIpc) is 2.16. The first kappa shape index (κ1) is 15.7. The summed E-state index contributed by atoms with van der Waals surface area (Å²) in [6.45, 7) is 4.85. The average molecular weight is 255 g/mol. The van der Waals surface area contributed by atoms with Gasteiger partial charge in [-0.2, -0.15) is 0 Å². The van der Waals surface area contributed by atoms with Crippen LogP contribution in [0.2, 0.25) is 0 Å². The van der Waals surface area contributed by atoms with Crippen LogP contribution < -0.4 is 18.1 Å². The van der Waals surface area contributed by atoms with Gasteiger partial charge in [0.1, 0.15) is 6.54 Å². The molecule has 0 aliphatic heterocycles. The standard InChI is InChI=1S/C13H18N2O.ClH/c1-4-11-5-7-12(8-6-11)9-15(2,3)10-13(14)16;/h4-8H,1,9-10H2,2-3H3,(H-,14,16);1H. The molecule has 4 heteroatoms. The molecule has 1 amide bonds. The summed E-state index contributed by atoms with van der Waals surface area (Å²) in [4.78, 5) is 10.9. The fourth-order valence-corrected chi connectivity index (χ4v) is 1.73. The third kappa shape index (κ3) is 5.52. The molecule has 94 valence electrons. The van der Waals surface area contributed by atoms with Crippen LogP contribution in [-0.2, 0) is 11.3 Å². The molecular weight excluding hydrogens is 236 g/mol. The fraction of sp³-hybridized carbons (Fsp3) is 0.308. The van der Waals surface area contributed by atoms with E-state index in [-0.39, 0.29) is 18.3 Å². The smallest absolute Gasteiger partial charge is 0.272 e. The molecule has 0 heterocycles. The Morgan fingerprint density at radius 2 is 1.88 bits per heavy atom. The van der Waals surface area contributed by atoms with E-state index in [1.54, 1.807) is 0 Å².